The molecule has 0 bridgehead atoms. The Kier molecular flexibility index (Phi) is 11.3. The van der Waals surface area contributed by atoms with E-state index in [-0.39, 0.29) is 17.1 Å². The van der Waals surface area contributed by atoms with E-state index in [1.807, 2.05) is 0 Å². The largest absolute Gasteiger partial charge is 0.399 e. The first kappa shape index (κ1) is 31.7. The van der Waals surface area contributed by atoms with Gasteiger partial charge in [-0.3, -0.25) is 29.9 Å². The predicted octanol–water partition coefficient (Wildman–Crippen LogP) is 3.92. The molecule has 0 saturated carbocycles. The molecule has 12 N–H and O–H groups in total. The summed E-state index contributed by atoms with van der Waals surface area (Å²) in [6, 6.07) is 21.0. The van der Waals surface area contributed by atoms with Gasteiger partial charge in [0.05, 0.1) is 34.2 Å². The summed E-state index contributed by atoms with van der Waals surface area (Å²) >= 11 is 0. The third kappa shape index (κ3) is 9.67. The maximum atomic E-state index is 5.63. The zero-order chi connectivity index (χ0) is 29.9. The summed E-state index contributed by atoms with van der Waals surface area (Å²) in [5.74, 6) is 0. The zero-order valence-electron chi connectivity index (χ0n) is 22.9. The van der Waals surface area contributed by atoms with Crippen molar-refractivity contribution in [3.63, 3.8) is 0 Å². The summed E-state index contributed by atoms with van der Waals surface area (Å²) < 4.78 is 0. The molecule has 6 aromatic heterocycles. The first-order chi connectivity index (χ1) is 20.3. The van der Waals surface area contributed by atoms with Crippen LogP contribution in [0, 0.1) is 0 Å². The van der Waals surface area contributed by atoms with Crippen molar-refractivity contribution in [2.24, 2.45) is 0 Å². The molecule has 0 spiro atoms. The van der Waals surface area contributed by atoms with Gasteiger partial charge < -0.3 is 34.4 Å². The third-order valence-corrected chi connectivity index (χ3v) is 5.49. The number of hydrogen-bond acceptors (Lipinski definition) is 12. The van der Waals surface area contributed by atoms with Crippen LogP contribution in [0.25, 0.3) is 34.2 Å². The van der Waals surface area contributed by atoms with Crippen LogP contribution in [-0.2, 0) is 17.1 Å². The van der Waals surface area contributed by atoms with Crippen molar-refractivity contribution in [3.05, 3.63) is 110 Å². The summed E-state index contributed by atoms with van der Waals surface area (Å²) in [6.07, 6.45) is 9.89. The van der Waals surface area contributed by atoms with Crippen LogP contribution in [0.5, 0.6) is 0 Å². The van der Waals surface area contributed by atoms with Gasteiger partial charge in [-0.05, 0) is 72.8 Å². The van der Waals surface area contributed by atoms with Gasteiger partial charge in [-0.1, -0.05) is 0 Å². The molecule has 12 nitrogen and oxygen atoms in total. The van der Waals surface area contributed by atoms with E-state index in [0.717, 1.165) is 34.2 Å². The maximum absolute atomic E-state index is 5.63. The van der Waals surface area contributed by atoms with E-state index in [9.17, 15) is 0 Å². The Labute approximate surface area is 259 Å². The van der Waals surface area contributed by atoms with Crippen LogP contribution in [0.2, 0.25) is 0 Å². The molecule has 0 aromatic carbocycles. The molecule has 6 rings (SSSR count). The number of hydrogen-bond donors (Lipinski definition) is 6. The minimum atomic E-state index is 0. The SMILES string of the molecule is Nc1ccnc(-c2cc(N)ccn2)c1.Nc1ccnc(-c2cc(N)ccn2)c1.Nc1ccnc(-c2cc(N)ccn2)c1.[Fe]. The van der Waals surface area contributed by atoms with Crippen LogP contribution in [0.1, 0.15) is 0 Å². The van der Waals surface area contributed by atoms with Crippen LogP contribution in [-0.4, -0.2) is 29.9 Å². The van der Waals surface area contributed by atoms with Crippen molar-refractivity contribution in [2.75, 3.05) is 34.4 Å². The minimum Gasteiger partial charge on any atom is -0.399 e. The number of aromatic nitrogens is 6. The van der Waals surface area contributed by atoms with E-state index >= 15 is 0 Å². The van der Waals surface area contributed by atoms with Crippen molar-refractivity contribution in [1.82, 2.24) is 29.9 Å². The van der Waals surface area contributed by atoms with Crippen molar-refractivity contribution in [2.45, 2.75) is 0 Å². The molecule has 0 amide bonds. The smallest absolute Gasteiger partial charge is 0.0907 e. The molecular formula is C30H30FeN12. The van der Waals surface area contributed by atoms with E-state index in [4.69, 9.17) is 34.4 Å². The monoisotopic (exact) mass is 614 g/mol. The fourth-order valence-corrected chi connectivity index (χ4v) is 3.52. The van der Waals surface area contributed by atoms with Gasteiger partial charge in [0.1, 0.15) is 0 Å². The molecule has 0 aliphatic heterocycles. The Morgan fingerprint density at radius 2 is 0.419 bits per heavy atom. The maximum Gasteiger partial charge on any atom is 0.0907 e. The Balaban J connectivity index is 0.000000175. The number of nitrogens with two attached hydrogens (primary N) is 6. The van der Waals surface area contributed by atoms with Crippen molar-refractivity contribution in [1.29, 1.82) is 0 Å². The molecule has 0 fully saturated rings. The molecule has 0 unspecified atom stereocenters. The fourth-order valence-electron chi connectivity index (χ4n) is 3.52. The van der Waals surface area contributed by atoms with Crippen molar-refractivity contribution >= 4 is 34.1 Å². The van der Waals surface area contributed by atoms with E-state index in [1.165, 1.54) is 0 Å². The molecule has 218 valence electrons. The minimum absolute atomic E-state index is 0. The summed E-state index contributed by atoms with van der Waals surface area (Å²) in [6.45, 7) is 0. The second-order valence-electron chi connectivity index (χ2n) is 8.85. The second kappa shape index (κ2) is 15.3. The first-order valence-electron chi connectivity index (χ1n) is 12.6. The number of rotatable bonds is 3. The van der Waals surface area contributed by atoms with Gasteiger partial charge in [0.25, 0.3) is 0 Å². The van der Waals surface area contributed by atoms with Crippen LogP contribution in [0.3, 0.4) is 0 Å². The van der Waals surface area contributed by atoms with E-state index in [0.29, 0.717) is 34.1 Å². The molecule has 6 aromatic rings. The quantitative estimate of drug-likeness (QED) is 0.156. The van der Waals surface area contributed by atoms with Gasteiger partial charge in [-0.2, -0.15) is 0 Å². The molecule has 0 aliphatic rings. The predicted molar refractivity (Wildman–Crippen MR) is 169 cm³/mol. The van der Waals surface area contributed by atoms with Gasteiger partial charge in [-0.25, -0.2) is 0 Å². The average Bonchev–Trinajstić information content (AvgIpc) is 2.98. The van der Waals surface area contributed by atoms with Crippen LogP contribution >= 0.6 is 0 Å². The van der Waals surface area contributed by atoms with Gasteiger partial charge >= 0.3 is 0 Å². The Bertz CT molecular complexity index is 1440. The van der Waals surface area contributed by atoms with Crippen molar-refractivity contribution in [3.8, 4) is 34.2 Å². The first-order valence-corrected chi connectivity index (χ1v) is 12.6. The second-order valence-corrected chi connectivity index (χ2v) is 8.85. The van der Waals surface area contributed by atoms with Crippen LogP contribution in [0.15, 0.2) is 110 Å². The summed E-state index contributed by atoms with van der Waals surface area (Å²) in [4.78, 5) is 24.9. The number of anilines is 6. The summed E-state index contributed by atoms with van der Waals surface area (Å²) in [7, 11) is 0. The molecule has 0 atom stereocenters. The third-order valence-electron chi connectivity index (χ3n) is 5.49. The number of nitrogens with zero attached hydrogens (tertiary/aromatic N) is 6. The molecular weight excluding hydrogens is 584 g/mol. The van der Waals surface area contributed by atoms with Gasteiger partial charge in [0.15, 0.2) is 0 Å². The topological polar surface area (TPSA) is 233 Å². The zero-order valence-corrected chi connectivity index (χ0v) is 24.0. The van der Waals surface area contributed by atoms with Gasteiger partial charge in [-0.15, -0.1) is 0 Å². The number of nitrogen functional groups attached to an aromatic ring is 6. The standard InChI is InChI=1S/3C10H10N4.Fe/c3*11-7-1-3-13-9(5-7)10-6-8(12)2-4-14-10;/h3*1-6H,(H2,11,13)(H2,12,14);. The fraction of sp³-hybridized carbons (Fsp3) is 0. The molecule has 0 radical (unpaired) electrons. The normalized spacial score (nSPS) is 9.77. The molecule has 13 heteroatoms. The summed E-state index contributed by atoms with van der Waals surface area (Å²) in [5.41, 5.74) is 42.2. The van der Waals surface area contributed by atoms with Crippen LogP contribution in [0.4, 0.5) is 34.1 Å². The molecule has 43 heavy (non-hydrogen) atoms. The number of pyridine rings is 6. The molecule has 0 aliphatic carbocycles. The van der Waals surface area contributed by atoms with E-state index < -0.39 is 0 Å². The molecule has 0 saturated heterocycles. The average molecular weight is 614 g/mol. The van der Waals surface area contributed by atoms with Crippen LogP contribution < -0.4 is 34.4 Å². The Morgan fingerprint density at radius 3 is 0.535 bits per heavy atom. The van der Waals surface area contributed by atoms with Gasteiger partial charge in [0, 0.05) is 88.4 Å². The van der Waals surface area contributed by atoms with E-state index in [2.05, 4.69) is 29.9 Å². The van der Waals surface area contributed by atoms with E-state index in [1.54, 1.807) is 110 Å². The Hall–Kier alpha value is -5.78. The molecule has 6 heterocycles. The van der Waals surface area contributed by atoms with Gasteiger partial charge in [0.2, 0.25) is 0 Å². The van der Waals surface area contributed by atoms with Crippen molar-refractivity contribution < 1.29 is 17.1 Å². The Morgan fingerprint density at radius 1 is 0.279 bits per heavy atom. The summed E-state index contributed by atoms with van der Waals surface area (Å²) in [5, 5.41) is 0.